The van der Waals surface area contributed by atoms with Crippen molar-refractivity contribution in [1.82, 2.24) is 0 Å². The van der Waals surface area contributed by atoms with E-state index in [1.54, 1.807) is 0 Å². The van der Waals surface area contributed by atoms with Gasteiger partial charge in [-0.1, -0.05) is 39.8 Å². The van der Waals surface area contributed by atoms with Crippen LogP contribution in [0.3, 0.4) is 0 Å². The van der Waals surface area contributed by atoms with Crippen molar-refractivity contribution in [1.29, 1.82) is 0 Å². The van der Waals surface area contributed by atoms with Crippen molar-refractivity contribution in [2.45, 2.75) is 68.2 Å². The number of hydrogen-bond acceptors (Lipinski definition) is 2. The predicted molar refractivity (Wildman–Crippen MR) is 111 cm³/mol. The van der Waals surface area contributed by atoms with E-state index in [9.17, 15) is 10.2 Å². The summed E-state index contributed by atoms with van der Waals surface area (Å²) in [5, 5.41) is 22.3. The van der Waals surface area contributed by atoms with Gasteiger partial charge in [-0.05, 0) is 85.8 Å². The minimum atomic E-state index is 0.328. The maximum Gasteiger partial charge on any atom is 0.127 e. The van der Waals surface area contributed by atoms with Crippen LogP contribution < -0.4 is 0 Å². The van der Waals surface area contributed by atoms with Crippen molar-refractivity contribution in [2.24, 2.45) is 11.8 Å². The zero-order valence-corrected chi connectivity index (χ0v) is 17.6. The minimum absolute atomic E-state index is 0.328. The summed E-state index contributed by atoms with van der Waals surface area (Å²) in [5.74, 6) is 1.57. The minimum Gasteiger partial charge on any atom is -0.507 e. The van der Waals surface area contributed by atoms with E-state index < -0.39 is 0 Å². The summed E-state index contributed by atoms with van der Waals surface area (Å²) in [6.07, 6.45) is 1.66. The molecule has 0 saturated heterocycles. The standard InChI is InChI=1S/C24H34O2/c1-13(2)9-19-15(5)11-17(7)21(23(19)25)22-18(8)12-16(6)20(24(22)26)10-14(3)4/h11-14,25-26H,9-10H2,1-8H3. The van der Waals surface area contributed by atoms with Crippen LogP contribution in [0.1, 0.15) is 61.1 Å². The van der Waals surface area contributed by atoms with E-state index in [1.165, 1.54) is 0 Å². The van der Waals surface area contributed by atoms with Crippen LogP contribution in [0.5, 0.6) is 11.5 Å². The summed E-state index contributed by atoms with van der Waals surface area (Å²) >= 11 is 0. The summed E-state index contributed by atoms with van der Waals surface area (Å²) in [5.41, 5.74) is 7.79. The van der Waals surface area contributed by atoms with Gasteiger partial charge in [0.05, 0.1) is 0 Å². The topological polar surface area (TPSA) is 40.5 Å². The first kappa shape index (κ1) is 20.4. The van der Waals surface area contributed by atoms with E-state index in [-0.39, 0.29) is 0 Å². The lowest BCUT2D eigenvalue weighted by molar-refractivity contribution is 0.455. The van der Waals surface area contributed by atoms with Gasteiger partial charge in [0.1, 0.15) is 11.5 Å². The number of hydrogen-bond donors (Lipinski definition) is 2. The highest BCUT2D eigenvalue weighted by molar-refractivity contribution is 5.84. The van der Waals surface area contributed by atoms with Crippen LogP contribution in [0, 0.1) is 39.5 Å². The van der Waals surface area contributed by atoms with E-state index in [0.717, 1.165) is 57.3 Å². The zero-order chi connectivity index (χ0) is 19.8. The lowest BCUT2D eigenvalue weighted by Crippen LogP contribution is -2.03. The molecule has 0 aliphatic heterocycles. The largest absolute Gasteiger partial charge is 0.507 e. The Morgan fingerprint density at radius 1 is 0.615 bits per heavy atom. The number of rotatable bonds is 5. The third-order valence-corrected chi connectivity index (χ3v) is 5.13. The first-order valence-corrected chi connectivity index (χ1v) is 9.68. The molecule has 2 heteroatoms. The predicted octanol–water partition coefficient (Wildman–Crippen LogP) is 6.40. The van der Waals surface area contributed by atoms with Crippen molar-refractivity contribution < 1.29 is 10.2 Å². The van der Waals surface area contributed by atoms with Gasteiger partial charge in [0, 0.05) is 11.1 Å². The van der Waals surface area contributed by atoms with E-state index in [0.29, 0.717) is 23.3 Å². The highest BCUT2D eigenvalue weighted by Crippen LogP contribution is 2.45. The van der Waals surface area contributed by atoms with Crippen LogP contribution >= 0.6 is 0 Å². The van der Waals surface area contributed by atoms with Crippen molar-refractivity contribution in [2.75, 3.05) is 0 Å². The maximum atomic E-state index is 11.1. The molecule has 0 saturated carbocycles. The molecule has 0 heterocycles. The van der Waals surface area contributed by atoms with Crippen LogP contribution in [0.2, 0.25) is 0 Å². The summed E-state index contributed by atoms with van der Waals surface area (Å²) in [7, 11) is 0. The van der Waals surface area contributed by atoms with Gasteiger partial charge < -0.3 is 10.2 Å². The molecule has 0 bridgehead atoms. The summed E-state index contributed by atoms with van der Waals surface area (Å²) in [6, 6.07) is 4.27. The highest BCUT2D eigenvalue weighted by Gasteiger charge is 2.22. The molecule has 2 N–H and O–H groups in total. The molecule has 142 valence electrons. The molecule has 0 radical (unpaired) electrons. The molecule has 0 aliphatic carbocycles. The molecule has 2 aromatic rings. The SMILES string of the molecule is Cc1cc(C)c(-c2c(C)cc(C)c(CC(C)C)c2O)c(O)c1CC(C)C. The Morgan fingerprint density at radius 3 is 1.19 bits per heavy atom. The van der Waals surface area contributed by atoms with Crippen LogP contribution in [0.15, 0.2) is 12.1 Å². The summed E-state index contributed by atoms with van der Waals surface area (Å²) in [4.78, 5) is 0. The molecular weight excluding hydrogens is 320 g/mol. The first-order valence-electron chi connectivity index (χ1n) is 9.68. The Morgan fingerprint density at radius 2 is 0.923 bits per heavy atom. The molecule has 2 aromatic carbocycles. The van der Waals surface area contributed by atoms with Gasteiger partial charge >= 0.3 is 0 Å². The Kier molecular flexibility index (Phi) is 6.05. The van der Waals surface area contributed by atoms with Gasteiger partial charge in [0.2, 0.25) is 0 Å². The third-order valence-electron chi connectivity index (χ3n) is 5.13. The van der Waals surface area contributed by atoms with Gasteiger partial charge in [-0.3, -0.25) is 0 Å². The van der Waals surface area contributed by atoms with E-state index in [2.05, 4.69) is 53.7 Å². The Labute approximate surface area is 158 Å². The normalized spacial score (nSPS) is 11.6. The number of benzene rings is 2. The van der Waals surface area contributed by atoms with Crippen LogP contribution in [-0.4, -0.2) is 10.2 Å². The van der Waals surface area contributed by atoms with Crippen LogP contribution in [-0.2, 0) is 12.8 Å². The van der Waals surface area contributed by atoms with Crippen LogP contribution in [0.4, 0.5) is 0 Å². The van der Waals surface area contributed by atoms with Gasteiger partial charge in [0.25, 0.3) is 0 Å². The highest BCUT2D eigenvalue weighted by atomic mass is 16.3. The van der Waals surface area contributed by atoms with Gasteiger partial charge in [-0.25, -0.2) is 0 Å². The molecule has 0 aliphatic rings. The van der Waals surface area contributed by atoms with E-state index in [1.807, 2.05) is 13.8 Å². The number of phenols is 2. The number of aromatic hydroxyl groups is 2. The Bertz CT molecular complexity index is 744. The molecule has 2 rings (SSSR count). The van der Waals surface area contributed by atoms with Gasteiger partial charge in [-0.2, -0.15) is 0 Å². The quantitative estimate of drug-likeness (QED) is 0.652. The Hall–Kier alpha value is -1.96. The molecular formula is C24H34O2. The average Bonchev–Trinajstić information content (AvgIpc) is 2.50. The third kappa shape index (κ3) is 3.90. The fourth-order valence-electron chi connectivity index (χ4n) is 3.98. The van der Waals surface area contributed by atoms with Crippen molar-refractivity contribution in [3.05, 3.63) is 45.5 Å². The molecule has 0 unspecified atom stereocenters. The summed E-state index contributed by atoms with van der Waals surface area (Å²) < 4.78 is 0. The second-order valence-electron chi connectivity index (χ2n) is 8.62. The monoisotopic (exact) mass is 354 g/mol. The molecule has 0 spiro atoms. The smallest absolute Gasteiger partial charge is 0.127 e. The fraction of sp³-hybridized carbons (Fsp3) is 0.500. The lowest BCUT2D eigenvalue weighted by atomic mass is 9.85. The number of aryl methyl sites for hydroxylation is 4. The van der Waals surface area contributed by atoms with E-state index >= 15 is 0 Å². The van der Waals surface area contributed by atoms with Crippen LogP contribution in [0.25, 0.3) is 11.1 Å². The maximum absolute atomic E-state index is 11.1. The average molecular weight is 355 g/mol. The first-order chi connectivity index (χ1) is 12.0. The second-order valence-corrected chi connectivity index (χ2v) is 8.62. The number of phenolic OH excluding ortho intramolecular Hbond substituents is 2. The zero-order valence-electron chi connectivity index (χ0n) is 17.6. The molecule has 2 nitrogen and oxygen atoms in total. The van der Waals surface area contributed by atoms with E-state index in [4.69, 9.17) is 0 Å². The molecule has 26 heavy (non-hydrogen) atoms. The van der Waals surface area contributed by atoms with Gasteiger partial charge in [-0.15, -0.1) is 0 Å². The molecule has 0 aromatic heterocycles. The molecule has 0 atom stereocenters. The summed E-state index contributed by atoms with van der Waals surface area (Å²) in [6.45, 7) is 16.8. The van der Waals surface area contributed by atoms with Gasteiger partial charge in [0.15, 0.2) is 0 Å². The molecule has 0 fully saturated rings. The van der Waals surface area contributed by atoms with Crippen molar-refractivity contribution >= 4 is 0 Å². The molecule has 0 amide bonds. The Balaban J connectivity index is 2.80. The fourth-order valence-corrected chi connectivity index (χ4v) is 3.98. The second kappa shape index (κ2) is 7.73. The van der Waals surface area contributed by atoms with Crippen molar-refractivity contribution in [3.63, 3.8) is 0 Å². The van der Waals surface area contributed by atoms with Crippen molar-refractivity contribution in [3.8, 4) is 22.6 Å². The lowest BCUT2D eigenvalue weighted by Gasteiger charge is -2.22.